The minimum atomic E-state index is -0.164. The number of hydrogen-bond acceptors (Lipinski definition) is 4. The van der Waals surface area contributed by atoms with Crippen LogP contribution in [0.4, 0.5) is 5.82 Å². The van der Waals surface area contributed by atoms with E-state index in [9.17, 15) is 4.79 Å². The van der Waals surface area contributed by atoms with Gasteiger partial charge in [-0.05, 0) is 25.2 Å². The summed E-state index contributed by atoms with van der Waals surface area (Å²) in [6.45, 7) is 0.786. The van der Waals surface area contributed by atoms with Gasteiger partial charge in [-0.2, -0.15) is 0 Å². The summed E-state index contributed by atoms with van der Waals surface area (Å²) < 4.78 is 0. The summed E-state index contributed by atoms with van der Waals surface area (Å²) in [6.07, 6.45) is 7.65. The van der Waals surface area contributed by atoms with E-state index in [1.807, 2.05) is 0 Å². The standard InChI is InChI=1S/C11H18N4O/c12-9-3-1-2-8(6-9)7-15-10-11(16)14-5-4-13-10/h4-5,8-9H,1-3,6-7,12H2,(H,13,15)(H,14,16). The van der Waals surface area contributed by atoms with Crippen molar-refractivity contribution in [2.75, 3.05) is 11.9 Å². The molecule has 2 atom stereocenters. The van der Waals surface area contributed by atoms with E-state index in [1.165, 1.54) is 19.0 Å². The van der Waals surface area contributed by atoms with Crippen molar-refractivity contribution in [3.8, 4) is 0 Å². The van der Waals surface area contributed by atoms with Gasteiger partial charge in [0.05, 0.1) is 0 Å². The summed E-state index contributed by atoms with van der Waals surface area (Å²) in [4.78, 5) is 17.9. The molecule has 0 aliphatic heterocycles. The second kappa shape index (κ2) is 5.12. The highest BCUT2D eigenvalue weighted by Gasteiger charge is 2.19. The lowest BCUT2D eigenvalue weighted by Gasteiger charge is -2.26. The summed E-state index contributed by atoms with van der Waals surface area (Å²) in [5.74, 6) is 0.965. The second-order valence-electron chi connectivity index (χ2n) is 4.44. The Bertz CT molecular complexity index is 390. The normalized spacial score (nSPS) is 25.3. The molecule has 1 aromatic heterocycles. The smallest absolute Gasteiger partial charge is 0.290 e. The van der Waals surface area contributed by atoms with Crippen LogP contribution in [0.5, 0.6) is 0 Å². The molecule has 0 amide bonds. The van der Waals surface area contributed by atoms with Gasteiger partial charge in [0.2, 0.25) is 0 Å². The molecule has 1 aliphatic carbocycles. The van der Waals surface area contributed by atoms with Crippen molar-refractivity contribution < 1.29 is 0 Å². The van der Waals surface area contributed by atoms with Crippen molar-refractivity contribution in [1.29, 1.82) is 0 Å². The predicted molar refractivity (Wildman–Crippen MR) is 63.3 cm³/mol. The van der Waals surface area contributed by atoms with Crippen LogP contribution in [-0.2, 0) is 0 Å². The average Bonchev–Trinajstić information content (AvgIpc) is 2.28. The zero-order chi connectivity index (χ0) is 11.4. The number of anilines is 1. The van der Waals surface area contributed by atoms with Gasteiger partial charge in [-0.15, -0.1) is 0 Å². The largest absolute Gasteiger partial charge is 0.365 e. The number of nitrogens with zero attached hydrogens (tertiary/aromatic N) is 1. The molecular weight excluding hydrogens is 204 g/mol. The third kappa shape index (κ3) is 2.82. The molecule has 1 fully saturated rings. The van der Waals surface area contributed by atoms with Crippen LogP contribution < -0.4 is 16.6 Å². The second-order valence-corrected chi connectivity index (χ2v) is 4.44. The van der Waals surface area contributed by atoms with Gasteiger partial charge in [0, 0.05) is 25.0 Å². The van der Waals surface area contributed by atoms with Crippen molar-refractivity contribution in [2.45, 2.75) is 31.7 Å². The van der Waals surface area contributed by atoms with E-state index in [0.717, 1.165) is 19.4 Å². The molecule has 0 spiro atoms. The van der Waals surface area contributed by atoms with Crippen molar-refractivity contribution in [3.05, 3.63) is 22.7 Å². The van der Waals surface area contributed by atoms with Crippen LogP contribution in [0.15, 0.2) is 17.2 Å². The first kappa shape index (κ1) is 11.1. The summed E-state index contributed by atoms with van der Waals surface area (Å²) in [6, 6.07) is 0.322. The first-order chi connectivity index (χ1) is 7.75. The Labute approximate surface area is 94.5 Å². The molecule has 1 aromatic rings. The molecule has 0 radical (unpaired) electrons. The average molecular weight is 222 g/mol. The minimum absolute atomic E-state index is 0.164. The molecule has 88 valence electrons. The fraction of sp³-hybridized carbons (Fsp3) is 0.636. The predicted octanol–water partition coefficient (Wildman–Crippen LogP) is 0.699. The molecule has 1 heterocycles. The van der Waals surface area contributed by atoms with Gasteiger partial charge in [-0.3, -0.25) is 4.79 Å². The van der Waals surface area contributed by atoms with E-state index in [4.69, 9.17) is 5.73 Å². The van der Waals surface area contributed by atoms with Gasteiger partial charge >= 0.3 is 0 Å². The highest BCUT2D eigenvalue weighted by molar-refractivity contribution is 5.29. The molecule has 0 saturated heterocycles. The zero-order valence-corrected chi connectivity index (χ0v) is 9.28. The molecule has 1 saturated carbocycles. The molecule has 4 N–H and O–H groups in total. The first-order valence-electron chi connectivity index (χ1n) is 5.79. The van der Waals surface area contributed by atoms with Gasteiger partial charge in [-0.1, -0.05) is 6.42 Å². The fourth-order valence-corrected chi connectivity index (χ4v) is 2.24. The maximum atomic E-state index is 11.4. The topological polar surface area (TPSA) is 83.8 Å². The molecule has 0 bridgehead atoms. The van der Waals surface area contributed by atoms with Crippen molar-refractivity contribution in [3.63, 3.8) is 0 Å². The van der Waals surface area contributed by atoms with E-state index in [1.54, 1.807) is 6.20 Å². The summed E-state index contributed by atoms with van der Waals surface area (Å²) in [5.41, 5.74) is 5.75. The maximum absolute atomic E-state index is 11.4. The molecule has 5 nitrogen and oxygen atoms in total. The summed E-state index contributed by atoms with van der Waals surface area (Å²) in [7, 11) is 0. The molecule has 5 heteroatoms. The number of aromatic nitrogens is 2. The Hall–Kier alpha value is -1.36. The van der Waals surface area contributed by atoms with Crippen LogP contribution in [0, 0.1) is 5.92 Å². The van der Waals surface area contributed by atoms with Crippen LogP contribution in [0.1, 0.15) is 25.7 Å². The van der Waals surface area contributed by atoms with Crippen LogP contribution in [0.3, 0.4) is 0 Å². The summed E-state index contributed by atoms with van der Waals surface area (Å²) >= 11 is 0. The molecule has 16 heavy (non-hydrogen) atoms. The minimum Gasteiger partial charge on any atom is -0.365 e. The van der Waals surface area contributed by atoms with E-state index in [2.05, 4.69) is 15.3 Å². The highest BCUT2D eigenvalue weighted by Crippen LogP contribution is 2.22. The SMILES string of the molecule is NC1CCCC(CNc2ncc[nH]c2=O)C1. The summed E-state index contributed by atoms with van der Waals surface area (Å²) in [5, 5.41) is 3.09. The molecule has 2 unspecified atom stereocenters. The van der Waals surface area contributed by atoms with E-state index >= 15 is 0 Å². The van der Waals surface area contributed by atoms with Crippen LogP contribution in [0.2, 0.25) is 0 Å². The monoisotopic (exact) mass is 222 g/mol. The Balaban J connectivity index is 1.87. The number of rotatable bonds is 3. The Morgan fingerprint density at radius 2 is 2.44 bits per heavy atom. The molecule has 0 aromatic carbocycles. The zero-order valence-electron chi connectivity index (χ0n) is 9.28. The van der Waals surface area contributed by atoms with Gasteiger partial charge in [0.1, 0.15) is 0 Å². The van der Waals surface area contributed by atoms with Gasteiger partial charge in [-0.25, -0.2) is 4.98 Å². The quantitative estimate of drug-likeness (QED) is 0.703. The lowest BCUT2D eigenvalue weighted by Crippen LogP contribution is -2.31. The number of nitrogens with two attached hydrogens (primary N) is 1. The Morgan fingerprint density at radius 1 is 1.56 bits per heavy atom. The van der Waals surface area contributed by atoms with Crippen LogP contribution in [0.25, 0.3) is 0 Å². The van der Waals surface area contributed by atoms with Gasteiger partial charge < -0.3 is 16.0 Å². The third-order valence-corrected chi connectivity index (χ3v) is 3.09. The maximum Gasteiger partial charge on any atom is 0.290 e. The molecule has 1 aliphatic rings. The van der Waals surface area contributed by atoms with E-state index < -0.39 is 0 Å². The van der Waals surface area contributed by atoms with E-state index in [-0.39, 0.29) is 5.56 Å². The van der Waals surface area contributed by atoms with Crippen molar-refractivity contribution in [1.82, 2.24) is 9.97 Å². The number of aromatic amines is 1. The lowest BCUT2D eigenvalue weighted by atomic mass is 9.86. The van der Waals surface area contributed by atoms with Crippen molar-refractivity contribution in [2.24, 2.45) is 11.7 Å². The number of hydrogen-bond donors (Lipinski definition) is 3. The Kier molecular flexibility index (Phi) is 3.56. The van der Waals surface area contributed by atoms with Crippen LogP contribution >= 0.6 is 0 Å². The number of nitrogens with one attached hydrogen (secondary N) is 2. The molecule has 2 rings (SSSR count). The fourth-order valence-electron chi connectivity index (χ4n) is 2.24. The Morgan fingerprint density at radius 3 is 3.19 bits per heavy atom. The van der Waals surface area contributed by atoms with Crippen molar-refractivity contribution >= 4 is 5.82 Å². The third-order valence-electron chi connectivity index (χ3n) is 3.09. The number of H-pyrrole nitrogens is 1. The molecular formula is C11H18N4O. The van der Waals surface area contributed by atoms with E-state index in [0.29, 0.717) is 17.8 Å². The first-order valence-corrected chi connectivity index (χ1v) is 5.79. The van der Waals surface area contributed by atoms with Crippen LogP contribution in [-0.4, -0.2) is 22.6 Å². The van der Waals surface area contributed by atoms with Gasteiger partial charge in [0.25, 0.3) is 5.56 Å². The highest BCUT2D eigenvalue weighted by atomic mass is 16.1. The lowest BCUT2D eigenvalue weighted by molar-refractivity contribution is 0.334. The van der Waals surface area contributed by atoms with Gasteiger partial charge in [0.15, 0.2) is 5.82 Å².